The number of carbonyl (C=O) groups is 1. The molecule has 3 aromatic rings. The molecule has 0 aliphatic heterocycles. The molecular formula is C22H26N2O5S. The highest BCUT2D eigenvalue weighted by molar-refractivity contribution is 7.60. The third-order valence-electron chi connectivity index (χ3n) is 4.38. The van der Waals surface area contributed by atoms with Crippen molar-refractivity contribution in [1.29, 1.82) is 4.78 Å². The second-order valence-electron chi connectivity index (χ2n) is 7.13. The summed E-state index contributed by atoms with van der Waals surface area (Å²) in [6, 6.07) is 13.2. The number of nitrogens with zero attached hydrogens (tertiary/aromatic N) is 1. The number of ether oxygens (including phenoxy) is 1. The van der Waals surface area contributed by atoms with Crippen LogP contribution in [0.1, 0.15) is 33.7 Å². The molecule has 1 aromatic heterocycles. The minimum absolute atomic E-state index is 0.0222. The van der Waals surface area contributed by atoms with Crippen LogP contribution in [0.4, 0.5) is 0 Å². The summed E-state index contributed by atoms with van der Waals surface area (Å²) in [6.45, 7) is 5.50. The van der Waals surface area contributed by atoms with Gasteiger partial charge in [-0.25, -0.2) is 0 Å². The number of ketones is 1. The Bertz CT molecular complexity index is 1110. The van der Waals surface area contributed by atoms with Gasteiger partial charge >= 0.3 is 10.5 Å². The number of fused-ring (bicyclic) bond motifs is 1. The van der Waals surface area contributed by atoms with Crippen molar-refractivity contribution in [3.05, 3.63) is 64.9 Å². The number of carbonyl (C=O) groups excluding carboxylic acids is 1. The molecule has 30 heavy (non-hydrogen) atoms. The van der Waals surface area contributed by atoms with Crippen LogP contribution in [0, 0.1) is 18.6 Å². The van der Waals surface area contributed by atoms with Gasteiger partial charge in [0.2, 0.25) is 0 Å². The molecule has 1 heterocycles. The van der Waals surface area contributed by atoms with E-state index in [2.05, 4.69) is 4.90 Å². The summed E-state index contributed by atoms with van der Waals surface area (Å²) in [6.07, 6.45) is 0.966. The fraction of sp³-hybridized carbons (Fsp3) is 0.318. The molecule has 160 valence electrons. The molecule has 0 fully saturated rings. The van der Waals surface area contributed by atoms with Gasteiger partial charge in [0.15, 0.2) is 5.78 Å². The number of nitrogens with one attached hydrogen (secondary N) is 1. The van der Waals surface area contributed by atoms with Crippen molar-refractivity contribution in [1.82, 2.24) is 4.90 Å². The number of rotatable bonds is 7. The molecule has 8 heteroatoms. The van der Waals surface area contributed by atoms with Crippen molar-refractivity contribution in [3.8, 4) is 5.75 Å². The predicted molar refractivity (Wildman–Crippen MR) is 116 cm³/mol. The summed E-state index contributed by atoms with van der Waals surface area (Å²) < 4.78 is 34.3. The summed E-state index contributed by atoms with van der Waals surface area (Å²) >= 11 is 0. The van der Waals surface area contributed by atoms with Crippen molar-refractivity contribution in [2.24, 2.45) is 0 Å². The molecule has 0 amide bonds. The lowest BCUT2D eigenvalue weighted by atomic mass is 9.99. The van der Waals surface area contributed by atoms with Gasteiger partial charge in [0, 0.05) is 17.5 Å². The van der Waals surface area contributed by atoms with Gasteiger partial charge in [0.1, 0.15) is 17.1 Å². The Morgan fingerprint density at radius 1 is 1.10 bits per heavy atom. The maximum atomic E-state index is 13.0. The van der Waals surface area contributed by atoms with Gasteiger partial charge in [-0.15, -0.1) is 0 Å². The molecule has 0 saturated carbocycles. The van der Waals surface area contributed by atoms with Crippen molar-refractivity contribution in [2.45, 2.75) is 20.3 Å². The van der Waals surface area contributed by atoms with Gasteiger partial charge in [-0.1, -0.05) is 11.6 Å². The first-order valence-electron chi connectivity index (χ1n) is 9.41. The van der Waals surface area contributed by atoms with E-state index in [1.165, 1.54) is 0 Å². The molecule has 0 radical (unpaired) electrons. The van der Waals surface area contributed by atoms with E-state index in [0.29, 0.717) is 23.5 Å². The summed E-state index contributed by atoms with van der Waals surface area (Å²) in [4.78, 5) is 15.1. The quantitative estimate of drug-likeness (QED) is 0.444. The minimum Gasteiger partial charge on any atom is -0.494 e. The van der Waals surface area contributed by atoms with Gasteiger partial charge in [-0.3, -0.25) is 4.79 Å². The Labute approximate surface area is 177 Å². The van der Waals surface area contributed by atoms with Crippen molar-refractivity contribution < 1.29 is 22.4 Å². The van der Waals surface area contributed by atoms with E-state index in [-0.39, 0.29) is 5.78 Å². The Balaban J connectivity index is 0.000000735. The molecule has 0 aliphatic carbocycles. The number of aryl methyl sites for hydroxylation is 2. The molecule has 7 nitrogen and oxygen atoms in total. The first-order chi connectivity index (χ1) is 14.2. The monoisotopic (exact) mass is 430 g/mol. The maximum absolute atomic E-state index is 13.0. The van der Waals surface area contributed by atoms with Gasteiger partial charge in [-0.2, -0.15) is 13.2 Å². The van der Waals surface area contributed by atoms with Crippen LogP contribution in [0.15, 0.2) is 46.9 Å². The van der Waals surface area contributed by atoms with Gasteiger partial charge in [-0.05, 0) is 70.8 Å². The molecule has 0 spiro atoms. The zero-order chi connectivity index (χ0) is 22.3. The largest absolute Gasteiger partial charge is 0.494 e. The lowest BCUT2D eigenvalue weighted by Gasteiger charge is -2.10. The van der Waals surface area contributed by atoms with Crippen LogP contribution in [-0.4, -0.2) is 46.3 Å². The summed E-state index contributed by atoms with van der Waals surface area (Å²) in [5.74, 6) is 1.41. The molecule has 0 atom stereocenters. The van der Waals surface area contributed by atoms with E-state index >= 15 is 0 Å². The van der Waals surface area contributed by atoms with E-state index < -0.39 is 10.5 Å². The predicted octanol–water partition coefficient (Wildman–Crippen LogP) is 4.24. The Morgan fingerprint density at radius 2 is 1.73 bits per heavy atom. The number of hydrogen-bond acceptors (Lipinski definition) is 7. The van der Waals surface area contributed by atoms with Crippen LogP contribution in [0.2, 0.25) is 0 Å². The lowest BCUT2D eigenvalue weighted by molar-refractivity contribution is 0.103. The summed E-state index contributed by atoms with van der Waals surface area (Å²) in [5, 5.41) is 0.872. The van der Waals surface area contributed by atoms with Gasteiger partial charge < -0.3 is 14.1 Å². The number of hydrogen-bond donors (Lipinski definition) is 1. The summed E-state index contributed by atoms with van der Waals surface area (Å²) in [5.41, 5.74) is 3.13. The SMILES string of the molecule is Cc1ccc2oc(C)c(C(=O)c3ccc(OCCCN(C)C)cc3)c2c1.N=S(=O)=O. The highest BCUT2D eigenvalue weighted by Crippen LogP contribution is 2.29. The van der Waals surface area contributed by atoms with Crippen LogP contribution in [0.25, 0.3) is 11.0 Å². The zero-order valence-corrected chi connectivity index (χ0v) is 18.4. The molecule has 2 aromatic carbocycles. The van der Waals surface area contributed by atoms with Crippen LogP contribution >= 0.6 is 0 Å². The van der Waals surface area contributed by atoms with Crippen LogP contribution < -0.4 is 4.74 Å². The normalized spacial score (nSPS) is 10.6. The second kappa shape index (κ2) is 10.7. The van der Waals surface area contributed by atoms with Crippen molar-refractivity contribution in [3.63, 3.8) is 0 Å². The fourth-order valence-electron chi connectivity index (χ4n) is 3.03. The Hall–Kier alpha value is -2.97. The van der Waals surface area contributed by atoms with Gasteiger partial charge in [0.05, 0.1) is 12.2 Å². The molecule has 1 N–H and O–H groups in total. The van der Waals surface area contributed by atoms with E-state index in [1.54, 1.807) is 0 Å². The first-order valence-corrected chi connectivity index (χ1v) is 10.5. The number of benzene rings is 2. The number of furan rings is 1. The second-order valence-corrected chi connectivity index (χ2v) is 7.60. The topological polar surface area (TPSA) is 101 Å². The fourth-order valence-corrected chi connectivity index (χ4v) is 3.03. The van der Waals surface area contributed by atoms with E-state index in [0.717, 1.165) is 35.2 Å². The van der Waals surface area contributed by atoms with Crippen LogP contribution in [0.5, 0.6) is 5.75 Å². The molecule has 0 unspecified atom stereocenters. The smallest absolute Gasteiger partial charge is 0.308 e. The first kappa shape index (κ1) is 23.3. The van der Waals surface area contributed by atoms with Crippen molar-refractivity contribution >= 4 is 27.3 Å². The molecule has 0 bridgehead atoms. The standard InChI is InChI=1S/C22H25NO3.HNO2S/c1-15-6-11-20-19(14-15)21(16(2)26-20)22(24)17-7-9-18(10-8-17)25-13-5-12-23(3)4;1-4(2)3/h6-11,14H,5,12-13H2,1-4H3;1H. The summed E-state index contributed by atoms with van der Waals surface area (Å²) in [7, 11) is 1.48. The highest BCUT2D eigenvalue weighted by atomic mass is 32.2. The molecular weight excluding hydrogens is 404 g/mol. The third-order valence-corrected chi connectivity index (χ3v) is 4.38. The van der Waals surface area contributed by atoms with E-state index in [1.807, 2.05) is 70.4 Å². The Kier molecular flexibility index (Phi) is 8.32. The zero-order valence-electron chi connectivity index (χ0n) is 17.6. The lowest BCUT2D eigenvalue weighted by Crippen LogP contribution is -2.15. The average Bonchev–Trinajstić information content (AvgIpc) is 2.99. The van der Waals surface area contributed by atoms with Gasteiger partial charge in [0.25, 0.3) is 0 Å². The van der Waals surface area contributed by atoms with E-state index in [4.69, 9.17) is 22.4 Å². The van der Waals surface area contributed by atoms with E-state index in [9.17, 15) is 4.79 Å². The molecule has 0 saturated heterocycles. The average molecular weight is 431 g/mol. The minimum atomic E-state index is -2.61. The highest BCUT2D eigenvalue weighted by Gasteiger charge is 2.19. The maximum Gasteiger partial charge on any atom is 0.308 e. The molecule has 0 aliphatic rings. The van der Waals surface area contributed by atoms with Crippen molar-refractivity contribution in [2.75, 3.05) is 27.2 Å². The Morgan fingerprint density at radius 3 is 2.33 bits per heavy atom. The third kappa shape index (κ3) is 6.53. The molecule has 3 rings (SSSR count). The van der Waals surface area contributed by atoms with Crippen LogP contribution in [-0.2, 0) is 10.5 Å². The van der Waals surface area contributed by atoms with Crippen LogP contribution in [0.3, 0.4) is 0 Å².